The molecule has 1 heterocycles. The molecule has 4 nitrogen and oxygen atoms in total. The fourth-order valence-corrected chi connectivity index (χ4v) is 0.567. The molecule has 1 aromatic heterocycles. The van der Waals surface area contributed by atoms with Crippen LogP contribution in [0.2, 0.25) is 0 Å². The van der Waals surface area contributed by atoms with Crippen LogP contribution in [0.15, 0.2) is 12.4 Å². The van der Waals surface area contributed by atoms with Crippen molar-refractivity contribution in [3.8, 4) is 5.88 Å². The third-order valence-electron chi connectivity index (χ3n) is 1.08. The molecular formula is C6H10ClN3O. The molecule has 5 heteroatoms. The van der Waals surface area contributed by atoms with Crippen molar-refractivity contribution in [2.24, 2.45) is 0 Å². The Morgan fingerprint density at radius 3 is 2.73 bits per heavy atom. The van der Waals surface area contributed by atoms with Crippen LogP contribution in [-0.4, -0.2) is 24.1 Å². The van der Waals surface area contributed by atoms with E-state index in [2.05, 4.69) is 15.3 Å². The van der Waals surface area contributed by atoms with Gasteiger partial charge in [0.05, 0.1) is 19.5 Å². The minimum absolute atomic E-state index is 0. The van der Waals surface area contributed by atoms with Gasteiger partial charge in [-0.25, -0.2) is 0 Å². The largest absolute Gasteiger partial charge is 0.480 e. The molecule has 0 radical (unpaired) electrons. The summed E-state index contributed by atoms with van der Waals surface area (Å²) >= 11 is 0. The van der Waals surface area contributed by atoms with Gasteiger partial charge in [-0.1, -0.05) is 0 Å². The lowest BCUT2D eigenvalue weighted by Crippen LogP contribution is -1.95. The van der Waals surface area contributed by atoms with Crippen molar-refractivity contribution in [3.63, 3.8) is 0 Å². The van der Waals surface area contributed by atoms with E-state index in [9.17, 15) is 0 Å². The Bertz CT molecular complexity index is 199. The molecule has 0 atom stereocenters. The van der Waals surface area contributed by atoms with E-state index in [1.165, 1.54) is 0 Å². The lowest BCUT2D eigenvalue weighted by atomic mass is 10.6. The molecule has 0 aliphatic rings. The van der Waals surface area contributed by atoms with Gasteiger partial charge in [0.25, 0.3) is 0 Å². The van der Waals surface area contributed by atoms with Gasteiger partial charge in [0.15, 0.2) is 0 Å². The number of nitrogens with zero attached hydrogens (tertiary/aromatic N) is 2. The summed E-state index contributed by atoms with van der Waals surface area (Å²) in [5.41, 5.74) is 0. The molecule has 0 saturated heterocycles. The Balaban J connectivity index is 0.000001000. The van der Waals surface area contributed by atoms with Gasteiger partial charge in [0.1, 0.15) is 5.82 Å². The molecule has 11 heavy (non-hydrogen) atoms. The van der Waals surface area contributed by atoms with Gasteiger partial charge in [-0.3, -0.25) is 4.98 Å². The molecule has 1 rings (SSSR count). The van der Waals surface area contributed by atoms with E-state index in [-0.39, 0.29) is 12.4 Å². The molecule has 1 aromatic rings. The molecule has 1 N–H and O–H groups in total. The van der Waals surface area contributed by atoms with Crippen molar-refractivity contribution in [3.05, 3.63) is 12.4 Å². The van der Waals surface area contributed by atoms with E-state index < -0.39 is 0 Å². The van der Waals surface area contributed by atoms with Crippen LogP contribution < -0.4 is 10.1 Å². The molecule has 62 valence electrons. The standard InChI is InChI=1S/C6H9N3O.ClH/c1-7-5-3-8-4-6(9-5)10-2;/h3-4H,1-2H3,(H,7,9);1H. The van der Waals surface area contributed by atoms with E-state index >= 15 is 0 Å². The maximum atomic E-state index is 4.84. The van der Waals surface area contributed by atoms with E-state index in [1.807, 2.05) is 0 Å². The van der Waals surface area contributed by atoms with Gasteiger partial charge in [-0.15, -0.1) is 12.4 Å². The van der Waals surface area contributed by atoms with Crippen LogP contribution in [0.3, 0.4) is 0 Å². The highest BCUT2D eigenvalue weighted by Crippen LogP contribution is 2.06. The number of hydrogen-bond acceptors (Lipinski definition) is 4. The van der Waals surface area contributed by atoms with E-state index in [0.29, 0.717) is 11.7 Å². The van der Waals surface area contributed by atoms with Crippen molar-refractivity contribution in [2.45, 2.75) is 0 Å². The predicted molar refractivity (Wildman–Crippen MR) is 45.4 cm³/mol. The molecular weight excluding hydrogens is 166 g/mol. The molecule has 0 fully saturated rings. The van der Waals surface area contributed by atoms with Crippen LogP contribution >= 0.6 is 12.4 Å². The van der Waals surface area contributed by atoms with Crippen LogP contribution in [-0.2, 0) is 0 Å². The van der Waals surface area contributed by atoms with Gasteiger partial charge < -0.3 is 10.1 Å². The number of methoxy groups -OCH3 is 1. The lowest BCUT2D eigenvalue weighted by molar-refractivity contribution is 0.396. The molecule has 0 aliphatic heterocycles. The smallest absolute Gasteiger partial charge is 0.233 e. The zero-order chi connectivity index (χ0) is 7.40. The van der Waals surface area contributed by atoms with E-state index in [1.54, 1.807) is 26.6 Å². The Labute approximate surface area is 71.4 Å². The zero-order valence-corrected chi connectivity index (χ0v) is 7.18. The number of hydrogen-bond donors (Lipinski definition) is 1. The van der Waals surface area contributed by atoms with Crippen molar-refractivity contribution in [1.82, 2.24) is 9.97 Å². The first-order valence-electron chi connectivity index (χ1n) is 2.90. The zero-order valence-electron chi connectivity index (χ0n) is 6.37. The third-order valence-corrected chi connectivity index (χ3v) is 1.08. The van der Waals surface area contributed by atoms with Crippen molar-refractivity contribution in [2.75, 3.05) is 19.5 Å². The second-order valence-electron chi connectivity index (χ2n) is 1.70. The average molecular weight is 176 g/mol. The van der Waals surface area contributed by atoms with Crippen LogP contribution in [0, 0.1) is 0 Å². The summed E-state index contributed by atoms with van der Waals surface area (Å²) in [6, 6.07) is 0. The van der Waals surface area contributed by atoms with Gasteiger partial charge in [-0.2, -0.15) is 4.98 Å². The number of rotatable bonds is 2. The normalized spacial score (nSPS) is 8.18. The van der Waals surface area contributed by atoms with Gasteiger partial charge in [0.2, 0.25) is 5.88 Å². The number of ether oxygens (including phenoxy) is 1. The Morgan fingerprint density at radius 2 is 2.18 bits per heavy atom. The highest BCUT2D eigenvalue weighted by Gasteiger charge is 1.92. The molecule has 0 bridgehead atoms. The van der Waals surface area contributed by atoms with Crippen LogP contribution in [0.5, 0.6) is 5.88 Å². The van der Waals surface area contributed by atoms with Crippen LogP contribution in [0.4, 0.5) is 5.82 Å². The summed E-state index contributed by atoms with van der Waals surface area (Å²) in [6.45, 7) is 0. The fraction of sp³-hybridized carbons (Fsp3) is 0.333. The Kier molecular flexibility index (Phi) is 4.29. The Hall–Kier alpha value is -1.03. The number of aromatic nitrogens is 2. The fourth-order valence-electron chi connectivity index (χ4n) is 0.567. The number of nitrogens with one attached hydrogen (secondary N) is 1. The SMILES string of the molecule is CNc1cncc(OC)n1.Cl. The average Bonchev–Trinajstić information content (AvgIpc) is 2.05. The molecule has 0 amide bonds. The first-order chi connectivity index (χ1) is 4.86. The van der Waals surface area contributed by atoms with Crippen molar-refractivity contribution < 1.29 is 4.74 Å². The summed E-state index contributed by atoms with van der Waals surface area (Å²) < 4.78 is 4.84. The van der Waals surface area contributed by atoms with E-state index in [4.69, 9.17) is 4.74 Å². The molecule has 0 aliphatic carbocycles. The predicted octanol–water partition coefficient (Wildman–Crippen LogP) is 0.949. The molecule has 0 spiro atoms. The lowest BCUT2D eigenvalue weighted by Gasteiger charge is -1.99. The summed E-state index contributed by atoms with van der Waals surface area (Å²) in [5, 5.41) is 2.85. The topological polar surface area (TPSA) is 47.0 Å². The minimum Gasteiger partial charge on any atom is -0.480 e. The molecule has 0 aromatic carbocycles. The highest BCUT2D eigenvalue weighted by molar-refractivity contribution is 5.85. The first-order valence-corrected chi connectivity index (χ1v) is 2.90. The van der Waals surface area contributed by atoms with Crippen LogP contribution in [0.1, 0.15) is 0 Å². The van der Waals surface area contributed by atoms with Crippen molar-refractivity contribution in [1.29, 1.82) is 0 Å². The summed E-state index contributed by atoms with van der Waals surface area (Å²) in [6.07, 6.45) is 3.18. The highest BCUT2D eigenvalue weighted by atomic mass is 35.5. The second-order valence-corrected chi connectivity index (χ2v) is 1.70. The monoisotopic (exact) mass is 175 g/mol. The van der Waals surface area contributed by atoms with Gasteiger partial charge in [-0.05, 0) is 0 Å². The van der Waals surface area contributed by atoms with Crippen LogP contribution in [0.25, 0.3) is 0 Å². The minimum atomic E-state index is 0. The summed E-state index contributed by atoms with van der Waals surface area (Å²) in [4.78, 5) is 7.89. The van der Waals surface area contributed by atoms with E-state index in [0.717, 1.165) is 0 Å². The maximum Gasteiger partial charge on any atom is 0.233 e. The molecule has 0 saturated carbocycles. The number of halogens is 1. The quantitative estimate of drug-likeness (QED) is 0.727. The molecule has 0 unspecified atom stereocenters. The van der Waals surface area contributed by atoms with Crippen molar-refractivity contribution >= 4 is 18.2 Å². The maximum absolute atomic E-state index is 4.84. The third kappa shape index (κ3) is 2.59. The first kappa shape index (κ1) is 9.97. The summed E-state index contributed by atoms with van der Waals surface area (Å²) in [7, 11) is 3.34. The Morgan fingerprint density at radius 1 is 1.45 bits per heavy atom. The second kappa shape index (κ2) is 4.73. The van der Waals surface area contributed by atoms with Gasteiger partial charge in [0, 0.05) is 7.05 Å². The summed E-state index contributed by atoms with van der Waals surface area (Å²) in [5.74, 6) is 1.23. The van der Waals surface area contributed by atoms with Gasteiger partial charge >= 0.3 is 0 Å². The number of anilines is 1.